The van der Waals surface area contributed by atoms with Gasteiger partial charge in [0.2, 0.25) is 11.7 Å². The number of amides is 1. The van der Waals surface area contributed by atoms with Crippen LogP contribution in [0.25, 0.3) is 0 Å². The molecule has 350 valence electrons. The Morgan fingerprint density at radius 2 is 1.57 bits per heavy atom. The van der Waals surface area contributed by atoms with Gasteiger partial charge >= 0.3 is 0 Å². The summed E-state index contributed by atoms with van der Waals surface area (Å²) in [7, 11) is 0. The Morgan fingerprint density at radius 3 is 2.21 bits per heavy atom. The topological polar surface area (TPSA) is 110 Å². The highest BCUT2D eigenvalue weighted by atomic mass is 32.2. The van der Waals surface area contributed by atoms with Gasteiger partial charge in [-0.1, -0.05) is 95.4 Å². The summed E-state index contributed by atoms with van der Waals surface area (Å²) in [6, 6.07) is 13.8. The molecular formula is C53H80N2O7S. The Bertz CT molecular complexity index is 1770. The van der Waals surface area contributed by atoms with E-state index in [-0.39, 0.29) is 49.4 Å². The second kappa shape index (κ2) is 25.4. The molecule has 1 heterocycles. The van der Waals surface area contributed by atoms with Crippen molar-refractivity contribution in [2.75, 3.05) is 32.6 Å². The van der Waals surface area contributed by atoms with Crippen molar-refractivity contribution >= 4 is 23.4 Å². The first-order valence-electron chi connectivity index (χ1n) is 24.4. The van der Waals surface area contributed by atoms with Gasteiger partial charge in [0.15, 0.2) is 0 Å². The number of fused-ring (bicyclic) bond motifs is 2. The lowest BCUT2D eigenvalue weighted by atomic mass is 9.55. The summed E-state index contributed by atoms with van der Waals surface area (Å²) in [6.45, 7) is 15.6. The number of aliphatic hydroxyl groups is 2. The molecule has 1 aliphatic heterocycles. The van der Waals surface area contributed by atoms with Crippen molar-refractivity contribution < 1.29 is 34.1 Å². The van der Waals surface area contributed by atoms with E-state index in [0.29, 0.717) is 25.8 Å². The zero-order valence-electron chi connectivity index (χ0n) is 39.6. The van der Waals surface area contributed by atoms with Gasteiger partial charge in [0.1, 0.15) is 28.9 Å². The molecule has 9 nitrogen and oxygen atoms in total. The Labute approximate surface area is 384 Å². The van der Waals surface area contributed by atoms with Crippen LogP contribution in [-0.2, 0) is 14.4 Å². The fourth-order valence-electron chi connectivity index (χ4n) is 10.1. The maximum absolute atomic E-state index is 14.8. The van der Waals surface area contributed by atoms with E-state index in [4.69, 9.17) is 24.2 Å². The van der Waals surface area contributed by atoms with Crippen LogP contribution >= 0.6 is 11.8 Å². The standard InChI is InChI=1S/C53H80N2O7S/c1-8-11-12-13-14-15-16-17-18-25-49(58)55(32-9-2)48-38-46(54-62-52(4,5)6)44-36-39(23-19-21-33-56)43(24-20-22-34-57)50-45-37-41(60-40-26-29-42(63-7)30-27-40)28-31-47(45)61-53(48,51(44)50)59-35-10-3/h10,26-31,36-37,39,43,48,50-51,56-57H,3,8-9,11-25,32-35,38H2,1-2,4-7H3. The molecule has 6 atom stereocenters. The molecular weight excluding hydrogens is 809 g/mol. The van der Waals surface area contributed by atoms with E-state index in [0.717, 1.165) is 91.9 Å². The zero-order chi connectivity index (χ0) is 45.2. The number of oxime groups is 1. The van der Waals surface area contributed by atoms with Crippen LogP contribution in [0.3, 0.4) is 0 Å². The number of aliphatic hydroxyl groups excluding tert-OH is 2. The summed E-state index contributed by atoms with van der Waals surface area (Å²) in [4.78, 5) is 24.3. The molecule has 1 amide bonds. The van der Waals surface area contributed by atoms with Crippen molar-refractivity contribution in [3.8, 4) is 17.2 Å². The molecule has 2 N–H and O–H groups in total. The first-order valence-corrected chi connectivity index (χ1v) is 25.6. The summed E-state index contributed by atoms with van der Waals surface area (Å²) in [5.41, 5.74) is 2.38. The van der Waals surface area contributed by atoms with Crippen LogP contribution in [-0.4, -0.2) is 76.8 Å². The van der Waals surface area contributed by atoms with Crippen LogP contribution in [0.5, 0.6) is 17.2 Å². The zero-order valence-corrected chi connectivity index (χ0v) is 40.4. The quantitative estimate of drug-likeness (QED) is 0.0376. The molecule has 6 unspecified atom stereocenters. The molecule has 1 saturated carbocycles. The van der Waals surface area contributed by atoms with Crippen molar-refractivity contribution in [3.05, 3.63) is 72.3 Å². The fraction of sp³-hybridized carbons (Fsp3) is 0.660. The summed E-state index contributed by atoms with van der Waals surface area (Å²) >= 11 is 1.70. The maximum Gasteiger partial charge on any atom is 0.239 e. The van der Waals surface area contributed by atoms with Crippen molar-refractivity contribution in [2.45, 2.75) is 178 Å². The lowest BCUT2D eigenvalue weighted by molar-refractivity contribution is -0.257. The van der Waals surface area contributed by atoms with Gasteiger partial charge in [-0.3, -0.25) is 4.79 Å². The second-order valence-corrected chi connectivity index (χ2v) is 19.8. The van der Waals surface area contributed by atoms with Crippen LogP contribution in [0, 0.1) is 17.8 Å². The number of carbonyl (C=O) groups excluding carboxylic acids is 1. The molecule has 0 aromatic heterocycles. The molecule has 0 bridgehead atoms. The van der Waals surface area contributed by atoms with Crippen LogP contribution < -0.4 is 9.47 Å². The first kappa shape index (κ1) is 50.7. The highest BCUT2D eigenvalue weighted by Crippen LogP contribution is 2.62. The van der Waals surface area contributed by atoms with Crippen LogP contribution in [0.2, 0.25) is 0 Å². The van der Waals surface area contributed by atoms with Crippen LogP contribution in [0.15, 0.2) is 76.8 Å². The van der Waals surface area contributed by atoms with E-state index in [1.165, 1.54) is 43.4 Å². The average Bonchev–Trinajstić information content (AvgIpc) is 3.27. The third kappa shape index (κ3) is 13.6. The average molecular weight is 889 g/mol. The van der Waals surface area contributed by atoms with Crippen LogP contribution in [0.4, 0.5) is 0 Å². The summed E-state index contributed by atoms with van der Waals surface area (Å²) in [5.74, 6) is 0.880. The number of benzene rings is 2. The summed E-state index contributed by atoms with van der Waals surface area (Å²) in [5, 5.41) is 24.9. The minimum absolute atomic E-state index is 0.114. The molecule has 2 aromatic carbocycles. The molecule has 0 spiro atoms. The third-order valence-electron chi connectivity index (χ3n) is 13.0. The molecule has 63 heavy (non-hydrogen) atoms. The number of rotatable bonds is 28. The number of allylic oxidation sites excluding steroid dienone is 1. The van der Waals surface area contributed by atoms with E-state index in [1.807, 2.05) is 45.0 Å². The van der Waals surface area contributed by atoms with Gasteiger partial charge < -0.3 is 34.2 Å². The highest BCUT2D eigenvalue weighted by molar-refractivity contribution is 7.98. The van der Waals surface area contributed by atoms with E-state index >= 15 is 0 Å². The highest BCUT2D eigenvalue weighted by Gasteiger charge is 2.65. The first-order chi connectivity index (χ1) is 30.5. The number of unbranched alkanes of at least 4 members (excludes halogenated alkanes) is 10. The number of ether oxygens (including phenoxy) is 3. The normalized spacial score (nSPS) is 23.3. The Kier molecular flexibility index (Phi) is 20.4. The van der Waals surface area contributed by atoms with Gasteiger partial charge in [-0.2, -0.15) is 0 Å². The van der Waals surface area contributed by atoms with Gasteiger partial charge in [0, 0.05) is 49.0 Å². The number of carbonyl (C=O) groups is 1. The molecule has 3 aliphatic rings. The Balaban J connectivity index is 1.65. The second-order valence-electron chi connectivity index (χ2n) is 18.9. The van der Waals surface area contributed by atoms with E-state index in [9.17, 15) is 15.0 Å². The van der Waals surface area contributed by atoms with Crippen molar-refractivity contribution in [3.63, 3.8) is 0 Å². The molecule has 0 saturated heterocycles. The van der Waals surface area contributed by atoms with E-state index in [2.05, 4.69) is 55.9 Å². The van der Waals surface area contributed by atoms with Gasteiger partial charge in [-0.05, 0) is 125 Å². The van der Waals surface area contributed by atoms with Crippen molar-refractivity contribution in [2.24, 2.45) is 22.9 Å². The van der Waals surface area contributed by atoms with Gasteiger partial charge in [-0.25, -0.2) is 0 Å². The molecule has 10 heteroatoms. The SMILES string of the molecule is C=CCOC12Oc3ccc(Oc4ccc(SC)cc4)cc3C3C(CCCCO)C(CCCCO)C=C(C(=NOC(C)(C)C)CC1N(CCC)C(=O)CCCCCCCCCCC)C32. The van der Waals surface area contributed by atoms with Crippen molar-refractivity contribution in [1.82, 2.24) is 4.90 Å². The number of nitrogens with zero attached hydrogens (tertiary/aromatic N) is 2. The third-order valence-corrected chi connectivity index (χ3v) is 13.8. The molecule has 1 fully saturated rings. The number of thioether (sulfide) groups is 1. The minimum Gasteiger partial charge on any atom is -0.459 e. The van der Waals surface area contributed by atoms with Gasteiger partial charge in [0.05, 0.1) is 18.2 Å². The molecule has 0 radical (unpaired) electrons. The van der Waals surface area contributed by atoms with Gasteiger partial charge in [-0.15, -0.1) is 18.3 Å². The van der Waals surface area contributed by atoms with E-state index < -0.39 is 17.4 Å². The largest absolute Gasteiger partial charge is 0.459 e. The molecule has 2 aliphatic carbocycles. The fourth-order valence-corrected chi connectivity index (χ4v) is 10.5. The van der Waals surface area contributed by atoms with E-state index in [1.54, 1.807) is 17.8 Å². The van der Waals surface area contributed by atoms with Gasteiger partial charge in [0.25, 0.3) is 0 Å². The van der Waals surface area contributed by atoms with Crippen molar-refractivity contribution in [1.29, 1.82) is 0 Å². The maximum atomic E-state index is 14.8. The number of hydrogen-bond donors (Lipinski definition) is 2. The summed E-state index contributed by atoms with van der Waals surface area (Å²) in [6.07, 6.45) is 23.5. The predicted octanol–water partition coefficient (Wildman–Crippen LogP) is 12.8. The Hall–Kier alpha value is -3.31. The summed E-state index contributed by atoms with van der Waals surface area (Å²) < 4.78 is 21.2. The lowest BCUT2D eigenvalue weighted by Gasteiger charge is -2.60. The lowest BCUT2D eigenvalue weighted by Crippen LogP contribution is -2.70. The molecule has 2 aromatic rings. The van der Waals surface area contributed by atoms with Crippen LogP contribution in [0.1, 0.15) is 162 Å². The molecule has 5 rings (SSSR count). The minimum atomic E-state index is -1.26. The predicted molar refractivity (Wildman–Crippen MR) is 258 cm³/mol. The smallest absolute Gasteiger partial charge is 0.239 e. The monoisotopic (exact) mass is 889 g/mol. The Morgan fingerprint density at radius 1 is 0.905 bits per heavy atom. The number of hydrogen-bond acceptors (Lipinski definition) is 9.